The zero-order valence-electron chi connectivity index (χ0n) is 15.5. The van der Waals surface area contributed by atoms with E-state index in [-0.39, 0.29) is 23.4 Å². The summed E-state index contributed by atoms with van der Waals surface area (Å²) in [5, 5.41) is 0. The van der Waals surface area contributed by atoms with E-state index in [1.165, 1.54) is 24.3 Å². The minimum atomic E-state index is -0.356. The number of hydrogen-bond donors (Lipinski definition) is 0. The Morgan fingerprint density at radius 2 is 1.81 bits per heavy atom. The number of carbonyl (C=O) groups is 2. The van der Waals surface area contributed by atoms with E-state index in [2.05, 4.69) is 0 Å². The largest absolute Gasteiger partial charge is 0.497 e. The van der Waals surface area contributed by atoms with Crippen molar-refractivity contribution in [2.75, 3.05) is 20.2 Å². The van der Waals surface area contributed by atoms with Crippen LogP contribution in [0.25, 0.3) is 0 Å². The molecule has 2 aromatic rings. The van der Waals surface area contributed by atoms with Gasteiger partial charge < -0.3 is 9.64 Å². The fraction of sp³-hybridized carbons (Fsp3) is 0.364. The number of methoxy groups -OCH3 is 1. The second-order valence-corrected chi connectivity index (χ2v) is 6.90. The molecule has 1 amide bonds. The third-order valence-electron chi connectivity index (χ3n) is 5.06. The number of ether oxygens (including phenoxy) is 1. The SMILES string of the molecule is COc1ccc(CCC(=O)N2CCCC(C(=O)c3ccc(F)cc3)C2)cc1. The van der Waals surface area contributed by atoms with Gasteiger partial charge in [-0.15, -0.1) is 0 Å². The summed E-state index contributed by atoms with van der Waals surface area (Å²) in [6, 6.07) is 13.3. The highest BCUT2D eigenvalue weighted by Gasteiger charge is 2.28. The zero-order chi connectivity index (χ0) is 19.2. The summed E-state index contributed by atoms with van der Waals surface area (Å²) in [5.41, 5.74) is 1.59. The van der Waals surface area contributed by atoms with E-state index in [4.69, 9.17) is 4.74 Å². The average Bonchev–Trinajstić information content (AvgIpc) is 2.72. The third kappa shape index (κ3) is 4.94. The molecule has 0 saturated carbocycles. The van der Waals surface area contributed by atoms with Gasteiger partial charge in [0.2, 0.25) is 5.91 Å². The highest BCUT2D eigenvalue weighted by atomic mass is 19.1. The number of ketones is 1. The predicted octanol–water partition coefficient (Wildman–Crippen LogP) is 3.89. The lowest BCUT2D eigenvalue weighted by atomic mass is 9.89. The molecule has 142 valence electrons. The summed E-state index contributed by atoms with van der Waals surface area (Å²) in [6.07, 6.45) is 2.66. The number of benzene rings is 2. The minimum absolute atomic E-state index is 0.0114. The van der Waals surface area contributed by atoms with Crippen molar-refractivity contribution in [3.05, 3.63) is 65.5 Å². The van der Waals surface area contributed by atoms with Crippen LogP contribution in [0.5, 0.6) is 5.75 Å². The Balaban J connectivity index is 1.55. The number of likely N-dealkylation sites (tertiary alicyclic amines) is 1. The van der Waals surface area contributed by atoms with Gasteiger partial charge in [-0.1, -0.05) is 12.1 Å². The quantitative estimate of drug-likeness (QED) is 0.726. The van der Waals surface area contributed by atoms with Crippen molar-refractivity contribution in [3.8, 4) is 5.75 Å². The monoisotopic (exact) mass is 369 g/mol. The molecule has 4 nitrogen and oxygen atoms in total. The summed E-state index contributed by atoms with van der Waals surface area (Å²) in [6.45, 7) is 1.13. The number of Topliss-reactive ketones (excluding diaryl/α,β-unsaturated/α-hetero) is 1. The maximum Gasteiger partial charge on any atom is 0.222 e. The minimum Gasteiger partial charge on any atom is -0.497 e. The molecule has 0 spiro atoms. The van der Waals surface area contributed by atoms with Crippen molar-refractivity contribution < 1.29 is 18.7 Å². The van der Waals surface area contributed by atoms with Crippen LogP contribution in [0, 0.1) is 11.7 Å². The van der Waals surface area contributed by atoms with Crippen LogP contribution < -0.4 is 4.74 Å². The molecule has 3 rings (SSSR count). The molecule has 0 radical (unpaired) electrons. The van der Waals surface area contributed by atoms with Gasteiger partial charge in [0.25, 0.3) is 0 Å². The molecule has 1 atom stereocenters. The molecule has 0 aromatic heterocycles. The second kappa shape index (κ2) is 8.80. The number of amides is 1. The molecule has 5 heteroatoms. The molecule has 27 heavy (non-hydrogen) atoms. The highest BCUT2D eigenvalue weighted by molar-refractivity contribution is 5.98. The van der Waals surface area contributed by atoms with Gasteiger partial charge in [0, 0.05) is 31.0 Å². The van der Waals surface area contributed by atoms with E-state index in [0.717, 1.165) is 24.2 Å². The molecule has 0 N–H and O–H groups in total. The van der Waals surface area contributed by atoms with Crippen LogP contribution in [-0.4, -0.2) is 36.8 Å². The first-order chi connectivity index (χ1) is 13.1. The van der Waals surface area contributed by atoms with Gasteiger partial charge in [-0.2, -0.15) is 0 Å². The summed E-state index contributed by atoms with van der Waals surface area (Å²) >= 11 is 0. The van der Waals surface area contributed by atoms with E-state index in [9.17, 15) is 14.0 Å². The van der Waals surface area contributed by atoms with Gasteiger partial charge in [0.05, 0.1) is 7.11 Å². The summed E-state index contributed by atoms with van der Waals surface area (Å²) in [5.74, 6) is 0.285. The Morgan fingerprint density at radius 1 is 1.11 bits per heavy atom. The second-order valence-electron chi connectivity index (χ2n) is 6.90. The lowest BCUT2D eigenvalue weighted by Gasteiger charge is -2.32. The standard InChI is InChI=1S/C22H24FNO3/c1-27-20-11-4-16(5-12-20)6-13-21(25)24-14-2-3-18(15-24)22(26)17-7-9-19(23)10-8-17/h4-5,7-12,18H,2-3,6,13-15H2,1H3. The number of rotatable bonds is 6. The highest BCUT2D eigenvalue weighted by Crippen LogP contribution is 2.22. The molecule has 0 aliphatic carbocycles. The molecule has 1 aliphatic heterocycles. The number of halogens is 1. The molecular weight excluding hydrogens is 345 g/mol. The number of piperidine rings is 1. The molecule has 1 fully saturated rings. The van der Waals surface area contributed by atoms with Gasteiger partial charge in [-0.3, -0.25) is 9.59 Å². The fourth-order valence-corrected chi connectivity index (χ4v) is 3.47. The average molecular weight is 369 g/mol. The third-order valence-corrected chi connectivity index (χ3v) is 5.06. The van der Waals surface area contributed by atoms with Crippen molar-refractivity contribution >= 4 is 11.7 Å². The number of aryl methyl sites for hydroxylation is 1. The Hall–Kier alpha value is -2.69. The first-order valence-corrected chi connectivity index (χ1v) is 9.27. The van der Waals surface area contributed by atoms with Gasteiger partial charge in [-0.05, 0) is 61.2 Å². The normalized spacial score (nSPS) is 16.8. The van der Waals surface area contributed by atoms with Crippen LogP contribution in [0.3, 0.4) is 0 Å². The lowest BCUT2D eigenvalue weighted by Crippen LogP contribution is -2.42. The maximum absolute atomic E-state index is 13.1. The van der Waals surface area contributed by atoms with Crippen molar-refractivity contribution in [1.82, 2.24) is 4.90 Å². The van der Waals surface area contributed by atoms with E-state index in [1.807, 2.05) is 24.3 Å². The Bertz CT molecular complexity index is 786. The van der Waals surface area contributed by atoms with Crippen LogP contribution >= 0.6 is 0 Å². The zero-order valence-corrected chi connectivity index (χ0v) is 15.5. The molecule has 1 aliphatic rings. The summed E-state index contributed by atoms with van der Waals surface area (Å²) < 4.78 is 18.2. The first-order valence-electron chi connectivity index (χ1n) is 9.27. The van der Waals surface area contributed by atoms with E-state index in [1.54, 1.807) is 12.0 Å². The van der Waals surface area contributed by atoms with Gasteiger partial charge >= 0.3 is 0 Å². The molecular formula is C22H24FNO3. The number of nitrogens with zero attached hydrogens (tertiary/aromatic N) is 1. The summed E-state index contributed by atoms with van der Waals surface area (Å²) in [4.78, 5) is 27.0. The molecule has 2 aromatic carbocycles. The van der Waals surface area contributed by atoms with Gasteiger partial charge in [0.1, 0.15) is 11.6 Å². The van der Waals surface area contributed by atoms with Crippen molar-refractivity contribution in [1.29, 1.82) is 0 Å². The van der Waals surface area contributed by atoms with Crippen LogP contribution in [0.15, 0.2) is 48.5 Å². The lowest BCUT2D eigenvalue weighted by molar-refractivity contribution is -0.132. The number of carbonyl (C=O) groups excluding carboxylic acids is 2. The predicted molar refractivity (Wildman–Crippen MR) is 101 cm³/mol. The molecule has 1 unspecified atom stereocenters. The molecule has 1 saturated heterocycles. The van der Waals surface area contributed by atoms with Crippen molar-refractivity contribution in [3.63, 3.8) is 0 Å². The van der Waals surface area contributed by atoms with Crippen LogP contribution in [0.1, 0.15) is 35.2 Å². The van der Waals surface area contributed by atoms with Crippen molar-refractivity contribution in [2.45, 2.75) is 25.7 Å². The van der Waals surface area contributed by atoms with Crippen LogP contribution in [0.4, 0.5) is 4.39 Å². The van der Waals surface area contributed by atoms with Crippen LogP contribution in [-0.2, 0) is 11.2 Å². The topological polar surface area (TPSA) is 46.6 Å². The summed E-state index contributed by atoms with van der Waals surface area (Å²) in [7, 11) is 1.62. The molecule has 0 bridgehead atoms. The fourth-order valence-electron chi connectivity index (χ4n) is 3.47. The van der Waals surface area contributed by atoms with Crippen molar-refractivity contribution in [2.24, 2.45) is 5.92 Å². The van der Waals surface area contributed by atoms with Gasteiger partial charge in [-0.25, -0.2) is 4.39 Å². The van der Waals surface area contributed by atoms with Crippen LogP contribution in [0.2, 0.25) is 0 Å². The smallest absolute Gasteiger partial charge is 0.222 e. The first kappa shape index (κ1) is 19.1. The Labute approximate surface area is 158 Å². The number of hydrogen-bond acceptors (Lipinski definition) is 3. The maximum atomic E-state index is 13.1. The Morgan fingerprint density at radius 3 is 2.48 bits per heavy atom. The van der Waals surface area contributed by atoms with E-state index < -0.39 is 0 Å². The molecule has 1 heterocycles. The Kier molecular flexibility index (Phi) is 6.22. The van der Waals surface area contributed by atoms with E-state index in [0.29, 0.717) is 31.5 Å². The van der Waals surface area contributed by atoms with Gasteiger partial charge in [0.15, 0.2) is 5.78 Å². The van der Waals surface area contributed by atoms with E-state index >= 15 is 0 Å².